The highest BCUT2D eigenvalue weighted by Gasteiger charge is 2.20. The molecule has 0 radical (unpaired) electrons. The smallest absolute Gasteiger partial charge is 0.412 e. The molecule has 1 amide bonds. The average molecular weight is 429 g/mol. The van der Waals surface area contributed by atoms with E-state index in [0.717, 1.165) is 22.3 Å². The largest absolute Gasteiger partial charge is 0.496 e. The monoisotopic (exact) mass is 428 g/mol. The van der Waals surface area contributed by atoms with Crippen LogP contribution in [0.3, 0.4) is 0 Å². The summed E-state index contributed by atoms with van der Waals surface area (Å²) < 4.78 is 19.0. The number of methoxy groups -OCH3 is 1. The van der Waals surface area contributed by atoms with Gasteiger partial charge in [0, 0.05) is 23.0 Å². The summed E-state index contributed by atoms with van der Waals surface area (Å²) in [6.45, 7) is 5.68. The number of rotatable bonds is 5. The summed E-state index contributed by atoms with van der Waals surface area (Å²) in [7, 11) is 1.58. The van der Waals surface area contributed by atoms with E-state index < -0.39 is 11.9 Å². The Kier molecular flexibility index (Phi) is 6.27. The van der Waals surface area contributed by atoms with E-state index in [4.69, 9.17) is 16.3 Å². The molecule has 1 aromatic heterocycles. The fourth-order valence-corrected chi connectivity index (χ4v) is 3.59. The van der Waals surface area contributed by atoms with E-state index in [-0.39, 0.29) is 11.6 Å². The molecule has 0 fully saturated rings. The number of anilines is 1. The lowest BCUT2D eigenvalue weighted by molar-refractivity contribution is 0.201. The molecule has 3 aromatic rings. The average Bonchev–Trinajstić information content (AvgIpc) is 2.69. The van der Waals surface area contributed by atoms with Gasteiger partial charge in [-0.25, -0.2) is 9.18 Å². The lowest BCUT2D eigenvalue weighted by Crippen LogP contribution is -2.29. The molecular weight excluding hydrogens is 407 g/mol. The van der Waals surface area contributed by atoms with Crippen molar-refractivity contribution in [3.05, 3.63) is 75.8 Å². The SMILES string of the molecule is COc1c(C)cnc(CN(C(=O)O)c2cc(C)cc(-c3ccc(F)c(Cl)c3)c2)c1C. The molecular formula is C23H22ClFN2O3. The maximum atomic E-state index is 13.5. The maximum absolute atomic E-state index is 13.5. The number of benzene rings is 2. The standard InChI is InChI=1S/C23H22ClFN2O3/c1-13-7-17(16-5-6-20(25)19(24)10-16)9-18(8-13)27(23(28)29)12-21-15(3)22(30-4)14(2)11-26-21/h5-11H,12H2,1-4H3,(H,28,29). The summed E-state index contributed by atoms with van der Waals surface area (Å²) in [4.78, 5) is 17.7. The Hall–Kier alpha value is -3.12. The van der Waals surface area contributed by atoms with Crippen LogP contribution < -0.4 is 9.64 Å². The number of pyridine rings is 1. The topological polar surface area (TPSA) is 62.7 Å². The van der Waals surface area contributed by atoms with Crippen molar-refractivity contribution >= 4 is 23.4 Å². The van der Waals surface area contributed by atoms with Crippen LogP contribution >= 0.6 is 11.6 Å². The molecule has 7 heteroatoms. The van der Waals surface area contributed by atoms with E-state index in [0.29, 0.717) is 22.7 Å². The molecule has 0 atom stereocenters. The number of carboxylic acid groups (broad SMARTS) is 1. The molecule has 0 saturated heterocycles. The Labute approximate surface area is 179 Å². The third kappa shape index (κ3) is 4.39. The molecule has 0 aliphatic carbocycles. The van der Waals surface area contributed by atoms with Crippen molar-refractivity contribution in [1.29, 1.82) is 0 Å². The van der Waals surface area contributed by atoms with Crippen molar-refractivity contribution in [3.63, 3.8) is 0 Å². The minimum Gasteiger partial charge on any atom is -0.496 e. The van der Waals surface area contributed by atoms with Gasteiger partial charge < -0.3 is 9.84 Å². The lowest BCUT2D eigenvalue weighted by Gasteiger charge is -2.22. The zero-order chi connectivity index (χ0) is 22.0. The third-order valence-electron chi connectivity index (χ3n) is 4.92. The Morgan fingerprint density at radius 3 is 2.53 bits per heavy atom. The van der Waals surface area contributed by atoms with Crippen molar-refractivity contribution in [2.75, 3.05) is 12.0 Å². The summed E-state index contributed by atoms with van der Waals surface area (Å²) in [6.07, 6.45) is 0.563. The molecule has 2 aromatic carbocycles. The van der Waals surface area contributed by atoms with E-state index in [9.17, 15) is 14.3 Å². The molecule has 0 unspecified atom stereocenters. The van der Waals surface area contributed by atoms with Gasteiger partial charge in [0.15, 0.2) is 0 Å². The first-order chi connectivity index (χ1) is 14.2. The molecule has 0 saturated carbocycles. The second kappa shape index (κ2) is 8.71. The summed E-state index contributed by atoms with van der Waals surface area (Å²) in [5, 5.41) is 9.90. The van der Waals surface area contributed by atoms with Gasteiger partial charge in [-0.1, -0.05) is 23.7 Å². The van der Waals surface area contributed by atoms with E-state index in [1.165, 1.54) is 17.0 Å². The summed E-state index contributed by atoms with van der Waals surface area (Å²) in [5.41, 5.74) is 5.06. The van der Waals surface area contributed by atoms with Crippen LogP contribution in [0.4, 0.5) is 14.9 Å². The summed E-state index contributed by atoms with van der Waals surface area (Å²) in [5.74, 6) is 0.187. The normalized spacial score (nSPS) is 10.7. The van der Waals surface area contributed by atoms with Crippen LogP contribution in [0.25, 0.3) is 11.1 Å². The van der Waals surface area contributed by atoms with Gasteiger partial charge in [-0.05, 0) is 61.7 Å². The number of carbonyl (C=O) groups is 1. The number of hydrogen-bond acceptors (Lipinski definition) is 3. The number of aromatic nitrogens is 1. The van der Waals surface area contributed by atoms with Gasteiger partial charge in [-0.2, -0.15) is 0 Å². The zero-order valence-electron chi connectivity index (χ0n) is 17.2. The fourth-order valence-electron chi connectivity index (χ4n) is 3.41. The molecule has 0 bridgehead atoms. The second-order valence-electron chi connectivity index (χ2n) is 7.10. The van der Waals surface area contributed by atoms with Crippen LogP contribution in [0.5, 0.6) is 5.75 Å². The number of nitrogens with zero attached hydrogens (tertiary/aromatic N) is 2. The first-order valence-corrected chi connectivity index (χ1v) is 9.65. The van der Waals surface area contributed by atoms with Crippen LogP contribution in [-0.2, 0) is 6.54 Å². The molecule has 1 heterocycles. The van der Waals surface area contributed by atoms with Crippen LogP contribution in [-0.4, -0.2) is 23.3 Å². The lowest BCUT2D eigenvalue weighted by atomic mass is 10.0. The van der Waals surface area contributed by atoms with Gasteiger partial charge in [0.1, 0.15) is 11.6 Å². The summed E-state index contributed by atoms with van der Waals surface area (Å²) in [6, 6.07) is 9.85. The highest BCUT2D eigenvalue weighted by molar-refractivity contribution is 6.31. The molecule has 0 aliphatic rings. The van der Waals surface area contributed by atoms with Crippen molar-refractivity contribution in [2.24, 2.45) is 0 Å². The van der Waals surface area contributed by atoms with E-state index in [1.807, 2.05) is 26.8 Å². The highest BCUT2D eigenvalue weighted by Crippen LogP contribution is 2.31. The molecule has 0 aliphatic heterocycles. The predicted molar refractivity (Wildman–Crippen MR) is 116 cm³/mol. The van der Waals surface area contributed by atoms with Crippen LogP contribution in [0.15, 0.2) is 42.6 Å². The quantitative estimate of drug-likeness (QED) is 0.528. The van der Waals surface area contributed by atoms with Crippen molar-refractivity contribution in [1.82, 2.24) is 4.98 Å². The Morgan fingerprint density at radius 2 is 1.90 bits per heavy atom. The number of hydrogen-bond donors (Lipinski definition) is 1. The number of aryl methyl sites for hydroxylation is 2. The van der Waals surface area contributed by atoms with Crippen LogP contribution in [0.2, 0.25) is 5.02 Å². The minimum atomic E-state index is -1.11. The number of amides is 1. The molecule has 3 rings (SSSR count). The first kappa shape index (κ1) is 21.6. The van der Waals surface area contributed by atoms with Crippen molar-refractivity contribution in [3.8, 4) is 16.9 Å². The highest BCUT2D eigenvalue weighted by atomic mass is 35.5. The van der Waals surface area contributed by atoms with Gasteiger partial charge in [0.2, 0.25) is 0 Å². The van der Waals surface area contributed by atoms with E-state index in [2.05, 4.69) is 4.98 Å². The molecule has 30 heavy (non-hydrogen) atoms. The van der Waals surface area contributed by atoms with E-state index >= 15 is 0 Å². The minimum absolute atomic E-state index is 0.0113. The van der Waals surface area contributed by atoms with Gasteiger partial charge in [0.05, 0.1) is 24.4 Å². The van der Waals surface area contributed by atoms with Crippen molar-refractivity contribution in [2.45, 2.75) is 27.3 Å². The Morgan fingerprint density at radius 1 is 1.17 bits per heavy atom. The molecule has 5 nitrogen and oxygen atoms in total. The number of halogens is 2. The molecule has 0 spiro atoms. The Bertz CT molecular complexity index is 1120. The first-order valence-electron chi connectivity index (χ1n) is 9.28. The van der Waals surface area contributed by atoms with Crippen LogP contribution in [0.1, 0.15) is 22.4 Å². The summed E-state index contributed by atoms with van der Waals surface area (Å²) >= 11 is 5.92. The van der Waals surface area contributed by atoms with Crippen LogP contribution in [0, 0.1) is 26.6 Å². The fraction of sp³-hybridized carbons (Fsp3) is 0.217. The zero-order valence-corrected chi connectivity index (χ0v) is 17.9. The Balaban J connectivity index is 2.04. The number of ether oxygens (including phenoxy) is 1. The third-order valence-corrected chi connectivity index (χ3v) is 5.20. The van der Waals surface area contributed by atoms with Gasteiger partial charge >= 0.3 is 6.09 Å². The van der Waals surface area contributed by atoms with E-state index in [1.54, 1.807) is 31.5 Å². The predicted octanol–water partition coefficient (Wildman–Crippen LogP) is 6.16. The van der Waals surface area contributed by atoms with Gasteiger partial charge in [-0.3, -0.25) is 9.88 Å². The van der Waals surface area contributed by atoms with Gasteiger partial charge in [-0.15, -0.1) is 0 Å². The van der Waals surface area contributed by atoms with Gasteiger partial charge in [0.25, 0.3) is 0 Å². The molecule has 1 N–H and O–H groups in total. The van der Waals surface area contributed by atoms with Crippen molar-refractivity contribution < 1.29 is 19.0 Å². The maximum Gasteiger partial charge on any atom is 0.412 e. The molecule has 156 valence electrons. The second-order valence-corrected chi connectivity index (χ2v) is 7.51.